The molecule has 3 aromatic carbocycles. The summed E-state index contributed by atoms with van der Waals surface area (Å²) in [5.41, 5.74) is 2.56. The number of carbonyl (C=O) groups is 1. The summed E-state index contributed by atoms with van der Waals surface area (Å²) < 4.78 is 49.3. The molecule has 1 amide bonds. The number of ether oxygens (including phenoxy) is 4. The average molecular weight is 648 g/mol. The van der Waals surface area contributed by atoms with Crippen LogP contribution in [0.4, 0.5) is 5.69 Å². The van der Waals surface area contributed by atoms with Crippen molar-refractivity contribution in [1.29, 1.82) is 0 Å². The molecule has 3 heterocycles. The largest absolute Gasteiger partial charge is 0.491 e. The second-order valence-corrected chi connectivity index (χ2v) is 13.9. The molecular weight excluding hydrogens is 606 g/mol. The Labute approximate surface area is 270 Å². The molecule has 2 unspecified atom stereocenters. The maximum atomic E-state index is 13.4. The van der Waals surface area contributed by atoms with Crippen LogP contribution < -0.4 is 14.8 Å². The van der Waals surface area contributed by atoms with Gasteiger partial charge in [0.2, 0.25) is 0 Å². The number of nitrogens with zero attached hydrogens (tertiary/aromatic N) is 2. The third-order valence-corrected chi connectivity index (χ3v) is 10.2. The zero-order valence-corrected chi connectivity index (χ0v) is 27.1. The number of amides is 1. The van der Waals surface area contributed by atoms with Crippen molar-refractivity contribution in [1.82, 2.24) is 10.0 Å². The van der Waals surface area contributed by atoms with Crippen LogP contribution >= 0.6 is 0 Å². The van der Waals surface area contributed by atoms with E-state index in [4.69, 9.17) is 18.9 Å². The van der Waals surface area contributed by atoms with E-state index in [-0.39, 0.29) is 29.2 Å². The molecule has 2 fully saturated rings. The van der Waals surface area contributed by atoms with Gasteiger partial charge in [0.1, 0.15) is 30.1 Å². The molecule has 0 spiro atoms. The molecule has 0 aliphatic carbocycles. The van der Waals surface area contributed by atoms with Crippen molar-refractivity contribution in [3.63, 3.8) is 0 Å². The molecule has 0 saturated carbocycles. The van der Waals surface area contributed by atoms with Gasteiger partial charge in [-0.15, -0.1) is 0 Å². The number of fused-ring (bicyclic) bond motifs is 3. The molecule has 3 aliphatic heterocycles. The van der Waals surface area contributed by atoms with Gasteiger partial charge < -0.3 is 24.3 Å². The third kappa shape index (κ3) is 7.62. The number of nitrogens with one attached hydrogen (secondary N) is 1. The van der Waals surface area contributed by atoms with Gasteiger partial charge in [-0.3, -0.25) is 4.79 Å². The standard InChI is InChI=1S/C35H41N3O7S/c1-3-15-42-17-18-43-30-5-4-6-31(23-30)45-32-11-12-33-27(21-32)20-26(14-19-46(33,40)41)35(39)36-28-9-7-25(8-10-28)24-37(2)38-29-13-16-44-34(38)22-29/h4-12,20-21,23,29,34H,3,13-19,22,24H2,1-2H3,(H,36,39). The van der Waals surface area contributed by atoms with E-state index in [0.29, 0.717) is 59.9 Å². The lowest BCUT2D eigenvalue weighted by Gasteiger charge is -2.55. The van der Waals surface area contributed by atoms with Crippen LogP contribution in [0.3, 0.4) is 0 Å². The number of hydrogen-bond donors (Lipinski definition) is 1. The van der Waals surface area contributed by atoms with E-state index in [0.717, 1.165) is 38.0 Å². The smallest absolute Gasteiger partial charge is 0.251 e. The first-order valence-electron chi connectivity index (χ1n) is 15.9. The summed E-state index contributed by atoms with van der Waals surface area (Å²) in [5.74, 6) is 1.14. The summed E-state index contributed by atoms with van der Waals surface area (Å²) >= 11 is 0. The minimum Gasteiger partial charge on any atom is -0.491 e. The lowest BCUT2D eigenvalue weighted by Crippen LogP contribution is -2.66. The van der Waals surface area contributed by atoms with Crippen molar-refractivity contribution in [3.05, 3.63) is 83.4 Å². The Hall–Kier alpha value is -3.74. The lowest BCUT2D eigenvalue weighted by atomic mass is 9.97. The van der Waals surface area contributed by atoms with E-state index in [1.165, 1.54) is 6.07 Å². The Morgan fingerprint density at radius 2 is 1.83 bits per heavy atom. The van der Waals surface area contributed by atoms with Crippen LogP contribution in [-0.4, -0.2) is 75.8 Å². The van der Waals surface area contributed by atoms with Gasteiger partial charge in [-0.1, -0.05) is 25.1 Å². The van der Waals surface area contributed by atoms with Gasteiger partial charge in [-0.25, -0.2) is 18.4 Å². The quantitative estimate of drug-likeness (QED) is 0.236. The van der Waals surface area contributed by atoms with E-state index >= 15 is 0 Å². The topological polar surface area (TPSA) is 107 Å². The van der Waals surface area contributed by atoms with Crippen LogP contribution in [0.1, 0.15) is 43.7 Å². The Balaban J connectivity index is 1.11. The van der Waals surface area contributed by atoms with Crippen LogP contribution in [-0.2, 0) is 30.7 Å². The SMILES string of the molecule is CCCOCCOc1cccc(Oc2ccc3c(c2)C=C(C(=O)Nc2ccc(CN(C)N4C5CCOC4C5)cc2)CCS3(=O)=O)c1. The molecule has 2 atom stereocenters. The summed E-state index contributed by atoms with van der Waals surface area (Å²) in [5, 5.41) is 7.45. The summed E-state index contributed by atoms with van der Waals surface area (Å²) in [6.45, 7) is 5.24. The molecule has 11 heteroatoms. The monoisotopic (exact) mass is 647 g/mol. The van der Waals surface area contributed by atoms with Crippen LogP contribution in [0.25, 0.3) is 6.08 Å². The molecule has 244 valence electrons. The van der Waals surface area contributed by atoms with Crippen molar-refractivity contribution in [2.45, 2.75) is 56.3 Å². The van der Waals surface area contributed by atoms with E-state index in [1.54, 1.807) is 30.3 Å². The Morgan fingerprint density at radius 3 is 2.59 bits per heavy atom. The molecule has 1 N–H and O–H groups in total. The maximum absolute atomic E-state index is 13.4. The fraction of sp³-hybridized carbons (Fsp3) is 0.400. The molecule has 3 aliphatic rings. The molecule has 0 radical (unpaired) electrons. The molecular formula is C35H41N3O7S. The summed E-state index contributed by atoms with van der Waals surface area (Å²) in [4.78, 5) is 13.5. The zero-order chi connectivity index (χ0) is 32.1. The minimum atomic E-state index is -3.60. The molecule has 46 heavy (non-hydrogen) atoms. The fourth-order valence-electron chi connectivity index (χ4n) is 6.04. The van der Waals surface area contributed by atoms with E-state index in [9.17, 15) is 13.2 Å². The number of sulfone groups is 1. The fourth-order valence-corrected chi connectivity index (χ4v) is 7.50. The first kappa shape index (κ1) is 32.2. The highest BCUT2D eigenvalue weighted by molar-refractivity contribution is 7.91. The lowest BCUT2D eigenvalue weighted by molar-refractivity contribution is -0.285. The molecule has 10 nitrogen and oxygen atoms in total. The predicted octanol–water partition coefficient (Wildman–Crippen LogP) is 5.65. The van der Waals surface area contributed by atoms with Gasteiger partial charge in [0.05, 0.1) is 23.9 Å². The van der Waals surface area contributed by atoms with Gasteiger partial charge in [0, 0.05) is 50.0 Å². The van der Waals surface area contributed by atoms with Gasteiger partial charge in [0.25, 0.3) is 5.91 Å². The zero-order valence-electron chi connectivity index (χ0n) is 26.3. The normalized spacial score (nSPS) is 20.2. The van der Waals surface area contributed by atoms with Crippen LogP contribution in [0.5, 0.6) is 17.2 Å². The van der Waals surface area contributed by atoms with E-state index in [1.807, 2.05) is 36.4 Å². The Kier molecular flexibility index (Phi) is 10.1. The molecule has 3 aromatic rings. The highest BCUT2D eigenvalue weighted by atomic mass is 32.2. The third-order valence-electron chi connectivity index (χ3n) is 8.39. The van der Waals surface area contributed by atoms with Crippen molar-refractivity contribution in [3.8, 4) is 17.2 Å². The van der Waals surface area contributed by atoms with Crippen molar-refractivity contribution in [2.24, 2.45) is 0 Å². The Morgan fingerprint density at radius 1 is 1.02 bits per heavy atom. The van der Waals surface area contributed by atoms with Crippen LogP contribution in [0.2, 0.25) is 0 Å². The van der Waals surface area contributed by atoms with E-state index in [2.05, 4.69) is 29.3 Å². The average Bonchev–Trinajstić information content (AvgIpc) is 3.17. The highest BCUT2D eigenvalue weighted by Crippen LogP contribution is 2.36. The number of hydrogen-bond acceptors (Lipinski definition) is 9. The maximum Gasteiger partial charge on any atom is 0.251 e. The summed E-state index contributed by atoms with van der Waals surface area (Å²) in [6.07, 6.45) is 5.02. The van der Waals surface area contributed by atoms with Crippen LogP contribution in [0.15, 0.2) is 77.2 Å². The molecule has 0 aromatic heterocycles. The first-order chi connectivity index (χ1) is 22.3. The second kappa shape index (κ2) is 14.4. The van der Waals surface area contributed by atoms with Crippen molar-refractivity contribution >= 4 is 27.5 Å². The summed E-state index contributed by atoms with van der Waals surface area (Å²) in [6, 6.07) is 20.3. The minimum absolute atomic E-state index is 0.101. The molecule has 2 saturated heterocycles. The molecule has 6 rings (SSSR count). The number of hydrazine groups is 1. The molecule has 2 bridgehead atoms. The Bertz CT molecular complexity index is 1660. The van der Waals surface area contributed by atoms with Gasteiger partial charge in [-0.05, 0) is 78.9 Å². The second-order valence-electron chi connectivity index (χ2n) is 11.8. The van der Waals surface area contributed by atoms with Crippen LogP contribution in [0, 0.1) is 0 Å². The highest BCUT2D eigenvalue weighted by Gasteiger charge is 2.44. The first-order valence-corrected chi connectivity index (χ1v) is 17.5. The number of carbonyl (C=O) groups excluding carboxylic acids is 1. The predicted molar refractivity (Wildman–Crippen MR) is 175 cm³/mol. The number of benzene rings is 3. The van der Waals surface area contributed by atoms with Crippen molar-refractivity contribution in [2.75, 3.05) is 44.5 Å². The van der Waals surface area contributed by atoms with Gasteiger partial charge in [0.15, 0.2) is 9.84 Å². The summed E-state index contributed by atoms with van der Waals surface area (Å²) in [7, 11) is -1.52. The van der Waals surface area contributed by atoms with Gasteiger partial charge >= 0.3 is 0 Å². The van der Waals surface area contributed by atoms with Crippen molar-refractivity contribution < 1.29 is 32.2 Å². The number of anilines is 1. The number of rotatable bonds is 13. The van der Waals surface area contributed by atoms with Gasteiger partial charge in [-0.2, -0.15) is 0 Å². The van der Waals surface area contributed by atoms with E-state index < -0.39 is 9.84 Å².